The quantitative estimate of drug-likeness (QED) is 0.629. The average Bonchev–Trinajstić information content (AvgIpc) is 2.51. The number of methoxy groups -OCH3 is 1. The Labute approximate surface area is 79.5 Å². The average molecular weight is 208 g/mol. The molecule has 0 bridgehead atoms. The van der Waals surface area contributed by atoms with Crippen LogP contribution in [0.25, 0.3) is 0 Å². The van der Waals surface area contributed by atoms with Crippen LogP contribution in [0.4, 0.5) is 0 Å². The van der Waals surface area contributed by atoms with Crippen molar-refractivity contribution in [3.63, 3.8) is 0 Å². The van der Waals surface area contributed by atoms with E-state index in [2.05, 4.69) is 0 Å². The fourth-order valence-corrected chi connectivity index (χ4v) is 2.48. The zero-order valence-corrected chi connectivity index (χ0v) is 9.04. The Morgan fingerprint density at radius 3 is 2.46 bits per heavy atom. The second-order valence-corrected chi connectivity index (χ2v) is 5.44. The number of nitrogens with zero attached hydrogens (tertiary/aromatic N) is 2. The zero-order chi connectivity index (χ0) is 10.1. The summed E-state index contributed by atoms with van der Waals surface area (Å²) in [5.74, 6) is 0. The van der Waals surface area contributed by atoms with Crippen LogP contribution >= 0.6 is 0 Å². The normalized spacial score (nSPS) is 25.7. The van der Waals surface area contributed by atoms with Gasteiger partial charge in [-0.15, -0.1) is 0 Å². The van der Waals surface area contributed by atoms with Gasteiger partial charge >= 0.3 is 0 Å². The lowest BCUT2D eigenvalue weighted by molar-refractivity contribution is 0.114. The Morgan fingerprint density at radius 1 is 1.46 bits per heavy atom. The molecule has 0 aromatic rings. The molecule has 1 aliphatic heterocycles. The molecule has 1 atom stereocenters. The Bertz CT molecular complexity index is 263. The number of rotatable bonds is 3. The maximum atomic E-state index is 11.6. The minimum atomic E-state index is -3.23. The van der Waals surface area contributed by atoms with Crippen LogP contribution in [0.15, 0.2) is 0 Å². The summed E-state index contributed by atoms with van der Waals surface area (Å²) in [6.45, 7) is 1.02. The highest BCUT2D eigenvalue weighted by Gasteiger charge is 2.32. The second kappa shape index (κ2) is 3.91. The third-order valence-electron chi connectivity index (χ3n) is 2.23. The minimum absolute atomic E-state index is 0.0507. The van der Waals surface area contributed by atoms with E-state index in [1.165, 1.54) is 22.7 Å². The van der Waals surface area contributed by atoms with E-state index in [-0.39, 0.29) is 6.10 Å². The molecule has 6 heteroatoms. The van der Waals surface area contributed by atoms with E-state index in [0.29, 0.717) is 13.1 Å². The van der Waals surface area contributed by atoms with Gasteiger partial charge in [0.1, 0.15) is 0 Å². The lowest BCUT2D eigenvalue weighted by Gasteiger charge is -2.20. The summed E-state index contributed by atoms with van der Waals surface area (Å²) in [6.07, 6.45) is 0.832. The van der Waals surface area contributed by atoms with Crippen molar-refractivity contribution in [1.82, 2.24) is 8.61 Å². The van der Waals surface area contributed by atoms with Gasteiger partial charge in [-0.25, -0.2) is 0 Å². The molecule has 1 fully saturated rings. The summed E-state index contributed by atoms with van der Waals surface area (Å²) in [7, 11) is 1.45. The number of hydrogen-bond donors (Lipinski definition) is 0. The first kappa shape index (κ1) is 10.9. The van der Waals surface area contributed by atoms with Crippen LogP contribution in [0.5, 0.6) is 0 Å². The van der Waals surface area contributed by atoms with Gasteiger partial charge < -0.3 is 4.74 Å². The maximum absolute atomic E-state index is 11.6. The lowest BCUT2D eigenvalue weighted by atomic mass is 10.3. The summed E-state index contributed by atoms with van der Waals surface area (Å²) in [6, 6.07) is 0. The molecule has 0 saturated carbocycles. The van der Waals surface area contributed by atoms with E-state index < -0.39 is 10.2 Å². The van der Waals surface area contributed by atoms with Crippen molar-refractivity contribution in [3.05, 3.63) is 0 Å². The standard InChI is InChI=1S/C7H16N2O3S/c1-8(2)13(10,11)9-5-4-7(6-9)12-3/h7H,4-6H2,1-3H3/t7-/m1/s1. The molecule has 0 aromatic carbocycles. The monoisotopic (exact) mass is 208 g/mol. The Morgan fingerprint density at radius 2 is 2.08 bits per heavy atom. The smallest absolute Gasteiger partial charge is 0.281 e. The fraction of sp³-hybridized carbons (Fsp3) is 1.00. The molecule has 0 amide bonds. The van der Waals surface area contributed by atoms with Crippen LogP contribution in [0.2, 0.25) is 0 Å². The first-order chi connectivity index (χ1) is 5.98. The topological polar surface area (TPSA) is 49.9 Å². The van der Waals surface area contributed by atoms with Crippen molar-refractivity contribution in [2.75, 3.05) is 34.3 Å². The largest absolute Gasteiger partial charge is 0.380 e. The summed E-state index contributed by atoms with van der Waals surface area (Å²) >= 11 is 0. The van der Waals surface area contributed by atoms with Crippen molar-refractivity contribution in [1.29, 1.82) is 0 Å². The molecule has 1 rings (SSSR count). The van der Waals surface area contributed by atoms with Crippen LogP contribution in [-0.2, 0) is 14.9 Å². The second-order valence-electron chi connectivity index (χ2n) is 3.29. The third-order valence-corrected chi connectivity index (χ3v) is 4.14. The van der Waals surface area contributed by atoms with Crippen LogP contribution in [0.3, 0.4) is 0 Å². The molecule has 1 saturated heterocycles. The molecule has 0 N–H and O–H groups in total. The van der Waals surface area contributed by atoms with Crippen LogP contribution in [0, 0.1) is 0 Å². The Kier molecular flexibility index (Phi) is 3.28. The van der Waals surface area contributed by atoms with E-state index in [1.54, 1.807) is 7.11 Å². The number of hydrogen-bond acceptors (Lipinski definition) is 3. The van der Waals surface area contributed by atoms with Crippen molar-refractivity contribution in [3.8, 4) is 0 Å². The molecule has 0 spiro atoms. The van der Waals surface area contributed by atoms with E-state index in [4.69, 9.17) is 4.74 Å². The summed E-state index contributed by atoms with van der Waals surface area (Å²) in [4.78, 5) is 0. The highest BCUT2D eigenvalue weighted by atomic mass is 32.2. The third kappa shape index (κ3) is 2.19. The van der Waals surface area contributed by atoms with Gasteiger partial charge in [-0.05, 0) is 6.42 Å². The van der Waals surface area contributed by atoms with Gasteiger partial charge in [0.05, 0.1) is 6.10 Å². The van der Waals surface area contributed by atoms with Gasteiger partial charge in [-0.3, -0.25) is 0 Å². The predicted octanol–water partition coefficient (Wildman–Crippen LogP) is -0.486. The molecule has 0 radical (unpaired) electrons. The summed E-state index contributed by atoms with van der Waals surface area (Å²) < 4.78 is 30.9. The molecule has 0 aromatic heterocycles. The van der Waals surface area contributed by atoms with E-state index in [1.807, 2.05) is 0 Å². The van der Waals surface area contributed by atoms with Gasteiger partial charge in [-0.2, -0.15) is 17.0 Å². The van der Waals surface area contributed by atoms with Crippen molar-refractivity contribution in [2.24, 2.45) is 0 Å². The summed E-state index contributed by atoms with van der Waals surface area (Å²) in [5.41, 5.74) is 0. The highest BCUT2D eigenvalue weighted by Crippen LogP contribution is 2.16. The van der Waals surface area contributed by atoms with Gasteiger partial charge in [-0.1, -0.05) is 0 Å². The molecule has 1 aliphatic rings. The van der Waals surface area contributed by atoms with Crippen molar-refractivity contribution < 1.29 is 13.2 Å². The van der Waals surface area contributed by atoms with Crippen LogP contribution in [0.1, 0.15) is 6.42 Å². The van der Waals surface area contributed by atoms with E-state index in [9.17, 15) is 8.42 Å². The van der Waals surface area contributed by atoms with Crippen molar-refractivity contribution in [2.45, 2.75) is 12.5 Å². The van der Waals surface area contributed by atoms with Crippen molar-refractivity contribution >= 4 is 10.2 Å². The minimum Gasteiger partial charge on any atom is -0.380 e. The van der Waals surface area contributed by atoms with Gasteiger partial charge in [0.2, 0.25) is 0 Å². The molecule has 5 nitrogen and oxygen atoms in total. The van der Waals surface area contributed by atoms with Gasteiger partial charge in [0.25, 0.3) is 10.2 Å². The van der Waals surface area contributed by atoms with Crippen LogP contribution in [-0.4, -0.2) is 57.4 Å². The molecular formula is C7H16N2O3S. The predicted molar refractivity (Wildman–Crippen MR) is 49.6 cm³/mol. The molecular weight excluding hydrogens is 192 g/mol. The zero-order valence-electron chi connectivity index (χ0n) is 8.23. The molecule has 0 unspecified atom stereocenters. The highest BCUT2D eigenvalue weighted by molar-refractivity contribution is 7.86. The van der Waals surface area contributed by atoms with Gasteiger partial charge in [0.15, 0.2) is 0 Å². The summed E-state index contributed by atoms with van der Waals surface area (Å²) in [5, 5.41) is 0. The molecule has 1 heterocycles. The van der Waals surface area contributed by atoms with E-state index in [0.717, 1.165) is 6.42 Å². The maximum Gasteiger partial charge on any atom is 0.281 e. The molecule has 0 aliphatic carbocycles. The first-order valence-electron chi connectivity index (χ1n) is 4.19. The lowest BCUT2D eigenvalue weighted by Crippen LogP contribution is -2.39. The first-order valence-corrected chi connectivity index (χ1v) is 5.58. The fourth-order valence-electron chi connectivity index (χ4n) is 1.33. The molecule has 78 valence electrons. The SMILES string of the molecule is CO[C@@H]1CCN(S(=O)(=O)N(C)C)C1. The van der Waals surface area contributed by atoms with Gasteiger partial charge in [0, 0.05) is 34.3 Å². The number of ether oxygens (including phenoxy) is 1. The Balaban J connectivity index is 2.66. The van der Waals surface area contributed by atoms with E-state index >= 15 is 0 Å². The Hall–Kier alpha value is -0.170. The molecule has 13 heavy (non-hydrogen) atoms. The van der Waals surface area contributed by atoms with Crippen LogP contribution < -0.4 is 0 Å².